The second-order valence-electron chi connectivity index (χ2n) is 11.2. The van der Waals surface area contributed by atoms with Crippen LogP contribution >= 0.6 is 0 Å². The zero-order valence-electron chi connectivity index (χ0n) is 23.8. The van der Waals surface area contributed by atoms with E-state index in [9.17, 15) is 4.79 Å². The summed E-state index contributed by atoms with van der Waals surface area (Å²) in [5.41, 5.74) is 0. The van der Waals surface area contributed by atoms with Crippen LogP contribution in [0.1, 0.15) is 169 Å². The first kappa shape index (κ1) is 32.6. The highest BCUT2D eigenvalue weighted by atomic mass is 16.1. The summed E-state index contributed by atoms with van der Waals surface area (Å²) in [6.45, 7) is 13.1. The molecule has 1 unspecified atom stereocenters. The monoisotopic (exact) mass is 465 g/mol. The van der Waals surface area contributed by atoms with Crippen molar-refractivity contribution in [2.75, 3.05) is 13.1 Å². The highest BCUT2D eigenvalue weighted by Crippen LogP contribution is 2.17. The number of rotatable bonds is 26. The van der Waals surface area contributed by atoms with Crippen molar-refractivity contribution in [1.82, 2.24) is 4.90 Å². The van der Waals surface area contributed by atoms with Crippen LogP contribution in [0.3, 0.4) is 0 Å². The molecule has 0 aliphatic rings. The Hall–Kier alpha value is -0.370. The van der Waals surface area contributed by atoms with Crippen LogP contribution in [0.15, 0.2) is 0 Å². The van der Waals surface area contributed by atoms with Gasteiger partial charge in [0.05, 0.1) is 6.04 Å². The third-order valence-corrected chi connectivity index (χ3v) is 7.20. The maximum atomic E-state index is 12.4. The fourth-order valence-electron chi connectivity index (χ4n) is 5.05. The molecule has 0 heterocycles. The molecular formula is C31H63NO. The fourth-order valence-corrected chi connectivity index (χ4v) is 5.05. The molecule has 0 aliphatic carbocycles. The molecule has 0 bridgehead atoms. The van der Waals surface area contributed by atoms with Crippen LogP contribution in [0.2, 0.25) is 0 Å². The predicted octanol–water partition coefficient (Wildman–Crippen LogP) is 10.1. The van der Waals surface area contributed by atoms with Gasteiger partial charge in [-0.25, -0.2) is 0 Å². The Morgan fingerprint density at radius 3 is 1.12 bits per heavy atom. The van der Waals surface area contributed by atoms with Crippen molar-refractivity contribution in [1.29, 1.82) is 0 Å². The van der Waals surface area contributed by atoms with Crippen LogP contribution in [0, 0.1) is 5.92 Å². The number of nitrogens with zero attached hydrogens (tertiary/aromatic N) is 1. The summed E-state index contributed by atoms with van der Waals surface area (Å²) in [7, 11) is 0. The van der Waals surface area contributed by atoms with Crippen molar-refractivity contribution in [2.24, 2.45) is 5.92 Å². The lowest BCUT2D eigenvalue weighted by atomic mass is 9.98. The summed E-state index contributed by atoms with van der Waals surface area (Å²) < 4.78 is 0. The molecule has 0 N–H and O–H groups in total. The average molecular weight is 466 g/mol. The molecule has 0 amide bonds. The number of carbonyl (C=O) groups excluding carboxylic acids is 1. The van der Waals surface area contributed by atoms with Crippen LogP contribution < -0.4 is 0 Å². The van der Waals surface area contributed by atoms with Gasteiger partial charge in [0.1, 0.15) is 5.78 Å². The van der Waals surface area contributed by atoms with Gasteiger partial charge in [0.2, 0.25) is 0 Å². The molecule has 0 radical (unpaired) electrons. The Labute approximate surface area is 210 Å². The van der Waals surface area contributed by atoms with E-state index in [0.717, 1.165) is 19.5 Å². The van der Waals surface area contributed by atoms with E-state index in [1.54, 1.807) is 0 Å². The van der Waals surface area contributed by atoms with Crippen LogP contribution in [-0.2, 0) is 4.79 Å². The largest absolute Gasteiger partial charge is 0.298 e. The minimum absolute atomic E-state index is 0.141. The summed E-state index contributed by atoms with van der Waals surface area (Å²) in [6, 6.07) is 0.141. The normalized spacial score (nSPS) is 12.7. The maximum absolute atomic E-state index is 12.4. The molecule has 0 saturated carbocycles. The second kappa shape index (κ2) is 24.7. The molecule has 33 heavy (non-hydrogen) atoms. The molecule has 0 aliphatic heterocycles. The van der Waals surface area contributed by atoms with E-state index in [0.29, 0.717) is 11.7 Å². The van der Waals surface area contributed by atoms with Crippen LogP contribution in [0.5, 0.6) is 0 Å². The topological polar surface area (TPSA) is 20.3 Å². The Bertz CT molecular complexity index is 382. The molecule has 0 fully saturated rings. The zero-order valence-corrected chi connectivity index (χ0v) is 23.8. The van der Waals surface area contributed by atoms with Crippen molar-refractivity contribution in [3.8, 4) is 0 Å². The van der Waals surface area contributed by atoms with Crippen molar-refractivity contribution in [3.05, 3.63) is 0 Å². The first-order valence-electron chi connectivity index (χ1n) is 15.3. The lowest BCUT2D eigenvalue weighted by Gasteiger charge is -2.31. The molecular weight excluding hydrogens is 402 g/mol. The van der Waals surface area contributed by atoms with Gasteiger partial charge in [-0.15, -0.1) is 0 Å². The standard InChI is InChI=1S/C31H63NO/c1-6-8-10-12-14-16-18-20-22-24-26-32(31(30(5)33)28-29(3)4)27-25-23-21-19-17-15-13-11-9-7-2/h29,31H,6-28H2,1-5H3. The molecule has 2 nitrogen and oxygen atoms in total. The van der Waals surface area contributed by atoms with E-state index in [4.69, 9.17) is 0 Å². The van der Waals surface area contributed by atoms with Gasteiger partial charge >= 0.3 is 0 Å². The first-order chi connectivity index (χ1) is 16.0. The number of hydrogen-bond donors (Lipinski definition) is 0. The first-order valence-corrected chi connectivity index (χ1v) is 15.3. The SMILES string of the molecule is CCCCCCCCCCCCN(CCCCCCCCCCCC)C(CC(C)C)C(C)=O. The van der Waals surface area contributed by atoms with Gasteiger partial charge in [0, 0.05) is 0 Å². The highest BCUT2D eigenvalue weighted by Gasteiger charge is 2.23. The van der Waals surface area contributed by atoms with E-state index in [1.807, 2.05) is 6.92 Å². The summed E-state index contributed by atoms with van der Waals surface area (Å²) in [6.07, 6.45) is 28.6. The Balaban J connectivity index is 4.13. The number of Topliss-reactive ketones (excluding diaryl/α,β-unsaturated/α-hetero) is 1. The Morgan fingerprint density at radius 2 is 0.848 bits per heavy atom. The number of carbonyl (C=O) groups is 1. The maximum Gasteiger partial charge on any atom is 0.146 e. The van der Waals surface area contributed by atoms with Gasteiger partial charge in [-0.1, -0.05) is 143 Å². The molecule has 0 aromatic rings. The quantitative estimate of drug-likeness (QED) is 0.118. The van der Waals surface area contributed by atoms with Crippen LogP contribution in [0.4, 0.5) is 0 Å². The van der Waals surface area contributed by atoms with Gasteiger partial charge < -0.3 is 0 Å². The minimum Gasteiger partial charge on any atom is -0.298 e. The van der Waals surface area contributed by atoms with Crippen molar-refractivity contribution in [3.63, 3.8) is 0 Å². The molecule has 0 aromatic carbocycles. The number of unbranched alkanes of at least 4 members (excludes halogenated alkanes) is 18. The highest BCUT2D eigenvalue weighted by molar-refractivity contribution is 5.81. The smallest absolute Gasteiger partial charge is 0.146 e. The summed E-state index contributed by atoms with van der Waals surface area (Å²) in [5, 5.41) is 0. The summed E-state index contributed by atoms with van der Waals surface area (Å²) in [4.78, 5) is 15.0. The summed E-state index contributed by atoms with van der Waals surface area (Å²) >= 11 is 0. The molecule has 0 saturated heterocycles. The molecule has 2 heteroatoms. The van der Waals surface area contributed by atoms with E-state index < -0.39 is 0 Å². The van der Waals surface area contributed by atoms with Gasteiger partial charge in [0.15, 0.2) is 0 Å². The third kappa shape index (κ3) is 21.9. The van der Waals surface area contributed by atoms with Crippen molar-refractivity contribution >= 4 is 5.78 Å². The molecule has 0 spiro atoms. The zero-order chi connectivity index (χ0) is 24.6. The van der Waals surface area contributed by atoms with Crippen LogP contribution in [0.25, 0.3) is 0 Å². The molecule has 0 rings (SSSR count). The lowest BCUT2D eigenvalue weighted by Crippen LogP contribution is -2.42. The van der Waals surface area contributed by atoms with Gasteiger partial charge in [-0.3, -0.25) is 9.69 Å². The molecule has 0 aromatic heterocycles. The van der Waals surface area contributed by atoms with Crippen molar-refractivity contribution < 1.29 is 4.79 Å². The minimum atomic E-state index is 0.141. The Morgan fingerprint density at radius 1 is 0.545 bits per heavy atom. The third-order valence-electron chi connectivity index (χ3n) is 7.20. The van der Waals surface area contributed by atoms with E-state index in [1.165, 1.54) is 128 Å². The van der Waals surface area contributed by atoms with E-state index in [2.05, 4.69) is 32.6 Å². The summed E-state index contributed by atoms with van der Waals surface area (Å²) in [5.74, 6) is 0.963. The van der Waals surface area contributed by atoms with E-state index in [-0.39, 0.29) is 6.04 Å². The lowest BCUT2D eigenvalue weighted by molar-refractivity contribution is -0.122. The van der Waals surface area contributed by atoms with Gasteiger partial charge in [-0.2, -0.15) is 0 Å². The van der Waals surface area contributed by atoms with Crippen LogP contribution in [-0.4, -0.2) is 29.8 Å². The molecule has 1 atom stereocenters. The van der Waals surface area contributed by atoms with Gasteiger partial charge in [-0.05, 0) is 45.2 Å². The average Bonchev–Trinajstić information content (AvgIpc) is 2.78. The predicted molar refractivity (Wildman–Crippen MR) is 149 cm³/mol. The Kier molecular flexibility index (Phi) is 24.5. The number of ketones is 1. The fraction of sp³-hybridized carbons (Fsp3) is 0.968. The van der Waals surface area contributed by atoms with E-state index >= 15 is 0 Å². The van der Waals surface area contributed by atoms with Crippen molar-refractivity contribution in [2.45, 2.75) is 175 Å². The molecule has 198 valence electrons. The number of hydrogen-bond acceptors (Lipinski definition) is 2. The second-order valence-corrected chi connectivity index (χ2v) is 11.2. The van der Waals surface area contributed by atoms with Gasteiger partial charge in [0.25, 0.3) is 0 Å².